The third kappa shape index (κ3) is 6.63. The summed E-state index contributed by atoms with van der Waals surface area (Å²) in [6, 6.07) is 12.3. The number of allylic oxidation sites excluding steroid dienone is 2. The van der Waals surface area contributed by atoms with Crippen LogP contribution in [0.5, 0.6) is 5.75 Å². The van der Waals surface area contributed by atoms with Gasteiger partial charge >= 0.3 is 0 Å². The second-order valence-corrected chi connectivity index (χ2v) is 8.85. The minimum absolute atomic E-state index is 0.235. The van der Waals surface area contributed by atoms with E-state index in [2.05, 4.69) is 48.1 Å². The summed E-state index contributed by atoms with van der Waals surface area (Å²) in [6.07, 6.45) is 9.07. The third-order valence-corrected chi connectivity index (χ3v) is 6.08. The Labute approximate surface area is 204 Å². The Kier molecular flexibility index (Phi) is 7.28. The van der Waals surface area contributed by atoms with E-state index in [4.69, 9.17) is 15.2 Å². The highest BCUT2D eigenvalue weighted by atomic mass is 16.5. The smallest absolute Gasteiger partial charge is 0.174 e. The summed E-state index contributed by atoms with van der Waals surface area (Å²) in [5.41, 5.74) is 9.39. The van der Waals surface area contributed by atoms with Crippen LogP contribution in [0.4, 0.5) is 11.5 Å². The monoisotopic (exact) mass is 474 g/mol. The molecular weight excluding hydrogens is 444 g/mol. The van der Waals surface area contributed by atoms with Crippen molar-refractivity contribution in [3.63, 3.8) is 0 Å². The average Bonchev–Trinajstić information content (AvgIpc) is 3.58. The second-order valence-electron chi connectivity index (χ2n) is 8.85. The number of tetrazole rings is 1. The van der Waals surface area contributed by atoms with Crippen molar-refractivity contribution in [2.75, 3.05) is 18.5 Å². The van der Waals surface area contributed by atoms with Gasteiger partial charge in [-0.05, 0) is 55.9 Å². The maximum Gasteiger partial charge on any atom is 0.174 e. The molecule has 0 unspecified atom stereocenters. The Hall–Kier alpha value is -3.79. The molecule has 10 nitrogen and oxygen atoms in total. The number of nitrogens with one attached hydrogen (secondary N) is 2. The highest BCUT2D eigenvalue weighted by Crippen LogP contribution is 2.27. The maximum absolute atomic E-state index is 6.55. The van der Waals surface area contributed by atoms with Gasteiger partial charge in [-0.25, -0.2) is 4.98 Å². The molecule has 1 aliphatic heterocycles. The molecule has 3 aromatic rings. The summed E-state index contributed by atoms with van der Waals surface area (Å²) in [7, 11) is 0. The van der Waals surface area contributed by atoms with Gasteiger partial charge in [-0.15, -0.1) is 10.2 Å². The third-order valence-electron chi connectivity index (χ3n) is 6.08. The van der Waals surface area contributed by atoms with E-state index in [1.54, 1.807) is 12.4 Å². The van der Waals surface area contributed by atoms with Crippen LogP contribution in [0, 0.1) is 5.92 Å². The fraction of sp³-hybridized carbons (Fsp3) is 0.400. The van der Waals surface area contributed by atoms with Gasteiger partial charge in [0, 0.05) is 43.5 Å². The van der Waals surface area contributed by atoms with Gasteiger partial charge in [0.25, 0.3) is 0 Å². The van der Waals surface area contributed by atoms with E-state index >= 15 is 0 Å². The average molecular weight is 475 g/mol. The number of benzene rings is 1. The van der Waals surface area contributed by atoms with Crippen LogP contribution in [0.15, 0.2) is 59.0 Å². The van der Waals surface area contributed by atoms with E-state index in [1.807, 2.05) is 24.3 Å². The van der Waals surface area contributed by atoms with Crippen molar-refractivity contribution in [3.8, 4) is 5.75 Å². The van der Waals surface area contributed by atoms with Crippen LogP contribution < -0.4 is 15.8 Å². The lowest BCUT2D eigenvalue weighted by molar-refractivity contribution is 0.0746. The Morgan fingerprint density at radius 2 is 2.06 bits per heavy atom. The fourth-order valence-corrected chi connectivity index (χ4v) is 3.93. The molecule has 1 saturated heterocycles. The van der Waals surface area contributed by atoms with E-state index in [0.717, 1.165) is 62.3 Å². The van der Waals surface area contributed by atoms with Crippen LogP contribution in [-0.4, -0.2) is 51.1 Å². The molecule has 10 heteroatoms. The van der Waals surface area contributed by atoms with Crippen LogP contribution >= 0.6 is 0 Å². The number of H-pyrrole nitrogens is 1. The molecule has 1 aromatic carbocycles. The molecule has 1 aliphatic carbocycles. The quantitative estimate of drug-likeness (QED) is 0.301. The molecule has 2 fully saturated rings. The number of aromatic amines is 1. The molecule has 5 rings (SSSR count). The van der Waals surface area contributed by atoms with Crippen LogP contribution in [0.25, 0.3) is 0 Å². The molecule has 0 amide bonds. The molecule has 2 aromatic heterocycles. The van der Waals surface area contributed by atoms with Gasteiger partial charge in [0.1, 0.15) is 11.6 Å². The van der Waals surface area contributed by atoms with Gasteiger partial charge in [-0.2, -0.15) is 5.21 Å². The van der Waals surface area contributed by atoms with Crippen molar-refractivity contribution >= 4 is 17.7 Å². The van der Waals surface area contributed by atoms with Gasteiger partial charge in [0.05, 0.1) is 18.0 Å². The standard InChI is InChI=1S/C25H30N8O2/c26-25(18-9-12-34-13-10-18)22(16-28-19-5-6-19)35-21-8-11-27-24(15-21)29-20-3-1-2-17(14-20)4-7-23-30-32-33-31-23/h1-3,8,11,14-16,18-19H,4-7,9-10,12-13,26H2,(H,27,29)(H,30,31,32,33). The van der Waals surface area contributed by atoms with Crippen LogP contribution in [0.2, 0.25) is 0 Å². The van der Waals surface area contributed by atoms with Crippen molar-refractivity contribution < 1.29 is 9.47 Å². The van der Waals surface area contributed by atoms with E-state index in [9.17, 15) is 0 Å². The molecule has 182 valence electrons. The predicted molar refractivity (Wildman–Crippen MR) is 132 cm³/mol. The number of aryl methyl sites for hydroxylation is 2. The molecule has 4 N–H and O–H groups in total. The summed E-state index contributed by atoms with van der Waals surface area (Å²) < 4.78 is 11.7. The Morgan fingerprint density at radius 1 is 1.17 bits per heavy atom. The number of rotatable bonds is 10. The number of nitrogens with zero attached hydrogens (tertiary/aromatic N) is 5. The number of hydrogen-bond donors (Lipinski definition) is 3. The predicted octanol–water partition coefficient (Wildman–Crippen LogP) is 3.33. The summed E-state index contributed by atoms with van der Waals surface area (Å²) in [5.74, 6) is 2.89. The van der Waals surface area contributed by atoms with Gasteiger partial charge in [0.15, 0.2) is 11.6 Å². The first-order chi connectivity index (χ1) is 17.2. The van der Waals surface area contributed by atoms with Crippen molar-refractivity contribution in [3.05, 3.63) is 65.4 Å². The van der Waals surface area contributed by atoms with Crippen molar-refractivity contribution in [1.29, 1.82) is 0 Å². The number of hydrogen-bond acceptors (Lipinski definition) is 9. The van der Waals surface area contributed by atoms with Crippen molar-refractivity contribution in [2.45, 2.75) is 44.6 Å². The molecule has 0 atom stereocenters. The van der Waals surface area contributed by atoms with Gasteiger partial charge in [-0.3, -0.25) is 4.99 Å². The normalized spacial score (nSPS) is 17.4. The Balaban J connectivity index is 1.28. The van der Waals surface area contributed by atoms with Crippen LogP contribution in [0.3, 0.4) is 0 Å². The number of aliphatic imine (C=N–C) groups is 1. The number of nitrogens with two attached hydrogens (primary N) is 1. The molecule has 0 bridgehead atoms. The first-order valence-electron chi connectivity index (χ1n) is 12.1. The largest absolute Gasteiger partial charge is 0.454 e. The van der Waals surface area contributed by atoms with Crippen LogP contribution in [-0.2, 0) is 17.6 Å². The van der Waals surface area contributed by atoms with Crippen LogP contribution in [0.1, 0.15) is 37.1 Å². The molecule has 35 heavy (non-hydrogen) atoms. The SMILES string of the molecule is NC(=C(C=NC1CC1)Oc1ccnc(Nc2cccc(CCc3nn[nH]n3)c2)c1)C1CCOCC1. The van der Waals surface area contributed by atoms with E-state index < -0.39 is 0 Å². The minimum atomic E-state index is 0.235. The van der Waals surface area contributed by atoms with Gasteiger partial charge in [-0.1, -0.05) is 17.3 Å². The zero-order valence-electron chi connectivity index (χ0n) is 19.6. The molecule has 0 radical (unpaired) electrons. The fourth-order valence-electron chi connectivity index (χ4n) is 3.93. The number of anilines is 2. The Morgan fingerprint density at radius 3 is 2.86 bits per heavy atom. The first-order valence-corrected chi connectivity index (χ1v) is 12.1. The van der Waals surface area contributed by atoms with E-state index in [1.165, 1.54) is 0 Å². The summed E-state index contributed by atoms with van der Waals surface area (Å²) >= 11 is 0. The molecule has 3 heterocycles. The Bertz CT molecular complexity index is 1170. The zero-order chi connectivity index (χ0) is 23.9. The second kappa shape index (κ2) is 11.1. The molecule has 2 aliphatic rings. The molecular formula is C25H30N8O2. The number of pyridine rings is 1. The zero-order valence-corrected chi connectivity index (χ0v) is 19.6. The highest BCUT2D eigenvalue weighted by Gasteiger charge is 2.22. The highest BCUT2D eigenvalue weighted by molar-refractivity contribution is 5.78. The minimum Gasteiger partial charge on any atom is -0.454 e. The number of aromatic nitrogens is 5. The summed E-state index contributed by atoms with van der Waals surface area (Å²) in [5, 5.41) is 17.5. The number of ether oxygens (including phenoxy) is 2. The lowest BCUT2D eigenvalue weighted by atomic mass is 9.96. The first kappa shape index (κ1) is 23.0. The lowest BCUT2D eigenvalue weighted by Crippen LogP contribution is -2.24. The van der Waals surface area contributed by atoms with E-state index in [0.29, 0.717) is 35.6 Å². The lowest BCUT2D eigenvalue weighted by Gasteiger charge is -2.23. The molecule has 1 saturated carbocycles. The van der Waals surface area contributed by atoms with Gasteiger partial charge < -0.3 is 20.5 Å². The van der Waals surface area contributed by atoms with Crippen molar-refractivity contribution in [1.82, 2.24) is 25.6 Å². The maximum atomic E-state index is 6.55. The molecule has 0 spiro atoms. The summed E-state index contributed by atoms with van der Waals surface area (Å²) in [6.45, 7) is 1.44. The van der Waals surface area contributed by atoms with Gasteiger partial charge in [0.2, 0.25) is 0 Å². The summed E-state index contributed by atoms with van der Waals surface area (Å²) in [4.78, 5) is 9.07. The topological polar surface area (TPSA) is 136 Å². The van der Waals surface area contributed by atoms with E-state index in [-0.39, 0.29) is 5.92 Å². The van der Waals surface area contributed by atoms with Crippen molar-refractivity contribution in [2.24, 2.45) is 16.6 Å².